The molecule has 2 aromatic rings. The number of phenols is 1. The van der Waals surface area contributed by atoms with E-state index in [0.717, 1.165) is 6.07 Å². The highest BCUT2D eigenvalue weighted by Gasteiger charge is 2.25. The standard InChI is InChI=1S/C24H27F2N3O11/c1-10-11-8-13(25)19(33)18(26)20(11)40-23(38)12(10)9-16(30)27-7-3-2-4-14(21(34)35)28-24(39)29-15(22(36)37)5-6-17(31)32/h8,14-15,33H,2-7,9H2,1H3,(H,27,30)(H,31,32)(H,34,35)(H,36,37)(H2,28,29,39)/t14-,15?/m0/s1. The van der Waals surface area contributed by atoms with Gasteiger partial charge in [0.1, 0.15) is 12.1 Å². The number of unbranched alkanes of at least 4 members (excludes halogenated alkanes) is 1. The minimum atomic E-state index is -1.54. The lowest BCUT2D eigenvalue weighted by molar-refractivity contribution is -0.140. The van der Waals surface area contributed by atoms with Crippen LogP contribution in [0.4, 0.5) is 13.6 Å². The van der Waals surface area contributed by atoms with Gasteiger partial charge in [-0.2, -0.15) is 4.39 Å². The number of fused-ring (bicyclic) bond motifs is 1. The lowest BCUT2D eigenvalue weighted by Gasteiger charge is -2.18. The second-order valence-electron chi connectivity index (χ2n) is 8.75. The number of hydrogen-bond donors (Lipinski definition) is 7. The molecule has 2 atom stereocenters. The molecule has 218 valence electrons. The van der Waals surface area contributed by atoms with Gasteiger partial charge in [-0.05, 0) is 44.2 Å². The first-order valence-corrected chi connectivity index (χ1v) is 11.9. The molecule has 0 spiro atoms. The third kappa shape index (κ3) is 8.37. The van der Waals surface area contributed by atoms with Crippen LogP contribution in [-0.2, 0) is 25.6 Å². The Morgan fingerprint density at radius 2 is 1.57 bits per heavy atom. The van der Waals surface area contributed by atoms with Crippen LogP contribution in [0.2, 0.25) is 0 Å². The largest absolute Gasteiger partial charge is 0.503 e. The summed E-state index contributed by atoms with van der Waals surface area (Å²) in [4.78, 5) is 69.9. The van der Waals surface area contributed by atoms with Crippen LogP contribution < -0.4 is 21.6 Å². The lowest BCUT2D eigenvalue weighted by atomic mass is 10.0. The molecule has 1 aromatic heterocycles. The van der Waals surface area contributed by atoms with E-state index in [1.807, 2.05) is 5.32 Å². The number of aromatic hydroxyl groups is 1. The number of hydrogen-bond acceptors (Lipinski definition) is 8. The number of aryl methyl sites for hydroxylation is 1. The number of nitrogens with one attached hydrogen (secondary N) is 3. The molecule has 3 amide bonds. The van der Waals surface area contributed by atoms with Crippen LogP contribution in [0.15, 0.2) is 15.3 Å². The van der Waals surface area contributed by atoms with Gasteiger partial charge >= 0.3 is 29.6 Å². The number of carboxylic acids is 3. The van der Waals surface area contributed by atoms with E-state index in [1.54, 1.807) is 0 Å². The van der Waals surface area contributed by atoms with E-state index >= 15 is 0 Å². The predicted molar refractivity (Wildman–Crippen MR) is 131 cm³/mol. The first-order valence-electron chi connectivity index (χ1n) is 11.9. The molecule has 40 heavy (non-hydrogen) atoms. The summed E-state index contributed by atoms with van der Waals surface area (Å²) in [7, 11) is 0. The van der Waals surface area contributed by atoms with Gasteiger partial charge in [0.05, 0.1) is 12.0 Å². The smallest absolute Gasteiger partial charge is 0.340 e. The molecule has 0 radical (unpaired) electrons. The van der Waals surface area contributed by atoms with Crippen LogP contribution in [-0.4, -0.2) is 68.9 Å². The van der Waals surface area contributed by atoms with Crippen molar-refractivity contribution in [3.8, 4) is 5.75 Å². The van der Waals surface area contributed by atoms with Gasteiger partial charge in [-0.3, -0.25) is 9.59 Å². The molecule has 1 aromatic carbocycles. The average molecular weight is 571 g/mol. The number of amides is 3. The summed E-state index contributed by atoms with van der Waals surface area (Å²) < 4.78 is 32.7. The summed E-state index contributed by atoms with van der Waals surface area (Å²) in [5.74, 6) is -8.83. The Kier molecular flexibility index (Phi) is 10.9. The van der Waals surface area contributed by atoms with Crippen molar-refractivity contribution in [1.29, 1.82) is 0 Å². The van der Waals surface area contributed by atoms with Crippen molar-refractivity contribution in [2.75, 3.05) is 6.54 Å². The van der Waals surface area contributed by atoms with Crippen LogP contribution in [0.5, 0.6) is 5.75 Å². The maximum Gasteiger partial charge on any atom is 0.340 e. The minimum absolute atomic E-state index is 0.0444. The second kappa shape index (κ2) is 13.9. The Bertz CT molecular complexity index is 1380. The Hall–Kier alpha value is -4.76. The van der Waals surface area contributed by atoms with E-state index in [1.165, 1.54) is 6.92 Å². The van der Waals surface area contributed by atoms with E-state index < -0.39 is 89.8 Å². The number of carbonyl (C=O) groups excluding carboxylic acids is 2. The third-order valence-corrected chi connectivity index (χ3v) is 5.88. The zero-order valence-corrected chi connectivity index (χ0v) is 21.1. The number of rotatable bonds is 14. The molecule has 0 saturated heterocycles. The maximum atomic E-state index is 14.1. The lowest BCUT2D eigenvalue weighted by Crippen LogP contribution is -2.51. The van der Waals surface area contributed by atoms with Crippen LogP contribution in [0.25, 0.3) is 11.0 Å². The van der Waals surface area contributed by atoms with Crippen LogP contribution in [0.1, 0.15) is 43.2 Å². The van der Waals surface area contributed by atoms with E-state index in [4.69, 9.17) is 14.6 Å². The zero-order valence-electron chi connectivity index (χ0n) is 21.1. The normalized spacial score (nSPS) is 12.4. The summed E-state index contributed by atoms with van der Waals surface area (Å²) in [6.07, 6.45) is -1.08. The topological polar surface area (TPSA) is 233 Å². The van der Waals surface area contributed by atoms with Crippen LogP contribution >= 0.6 is 0 Å². The molecule has 0 bridgehead atoms. The Balaban J connectivity index is 1.88. The van der Waals surface area contributed by atoms with Crippen molar-refractivity contribution in [2.24, 2.45) is 0 Å². The molecule has 0 aliphatic heterocycles. The summed E-state index contributed by atoms with van der Waals surface area (Å²) in [6.45, 7) is 1.40. The minimum Gasteiger partial charge on any atom is -0.503 e. The predicted octanol–water partition coefficient (Wildman–Crippen LogP) is 0.985. The molecule has 1 heterocycles. The molecular formula is C24H27F2N3O11. The number of halogens is 2. The van der Waals surface area contributed by atoms with Gasteiger partial charge < -0.3 is 40.8 Å². The molecule has 1 unspecified atom stereocenters. The van der Waals surface area contributed by atoms with Gasteiger partial charge in [0, 0.05) is 18.4 Å². The van der Waals surface area contributed by atoms with Gasteiger partial charge in [-0.25, -0.2) is 23.6 Å². The molecule has 0 fully saturated rings. The fraction of sp³-hybridized carbons (Fsp3) is 0.417. The second-order valence-corrected chi connectivity index (χ2v) is 8.75. The van der Waals surface area contributed by atoms with Crippen molar-refractivity contribution in [1.82, 2.24) is 16.0 Å². The summed E-state index contributed by atoms with van der Waals surface area (Å²) in [6, 6.07) is -3.29. The van der Waals surface area contributed by atoms with Crippen molar-refractivity contribution < 1.29 is 57.6 Å². The first kappa shape index (κ1) is 31.5. The van der Waals surface area contributed by atoms with E-state index in [2.05, 4.69) is 10.6 Å². The molecule has 2 rings (SSSR count). The first-order chi connectivity index (χ1) is 18.7. The van der Waals surface area contributed by atoms with Crippen LogP contribution in [0.3, 0.4) is 0 Å². The fourth-order valence-electron chi connectivity index (χ4n) is 3.71. The Morgan fingerprint density at radius 1 is 0.975 bits per heavy atom. The monoisotopic (exact) mass is 571 g/mol. The summed E-state index contributed by atoms with van der Waals surface area (Å²) in [5, 5.41) is 42.9. The third-order valence-electron chi connectivity index (χ3n) is 5.88. The molecule has 7 N–H and O–H groups in total. The SMILES string of the molecule is Cc1c(CC(=O)NCCCC[C@H](NC(=O)NC(CCC(=O)O)C(=O)O)C(=O)O)c(=O)oc2c(F)c(O)c(F)cc12. The Morgan fingerprint density at radius 3 is 2.15 bits per heavy atom. The van der Waals surface area contributed by atoms with Crippen molar-refractivity contribution >= 4 is 40.8 Å². The van der Waals surface area contributed by atoms with Gasteiger partial charge in [0.2, 0.25) is 11.7 Å². The fourth-order valence-corrected chi connectivity index (χ4v) is 3.71. The highest BCUT2D eigenvalue weighted by Crippen LogP contribution is 2.30. The number of urea groups is 1. The van der Waals surface area contributed by atoms with E-state index in [-0.39, 0.29) is 42.3 Å². The molecule has 0 aliphatic carbocycles. The van der Waals surface area contributed by atoms with E-state index in [9.17, 15) is 47.8 Å². The molecule has 0 aliphatic rings. The van der Waals surface area contributed by atoms with Crippen molar-refractivity contribution in [3.63, 3.8) is 0 Å². The molecular weight excluding hydrogens is 544 g/mol. The highest BCUT2D eigenvalue weighted by molar-refractivity contribution is 5.87. The number of carbonyl (C=O) groups is 5. The highest BCUT2D eigenvalue weighted by atomic mass is 19.1. The number of aliphatic carboxylic acids is 3. The summed E-state index contributed by atoms with van der Waals surface area (Å²) in [5.41, 5.74) is -1.77. The van der Waals surface area contributed by atoms with Gasteiger partial charge in [-0.1, -0.05) is 0 Å². The van der Waals surface area contributed by atoms with Gasteiger partial charge in [-0.15, -0.1) is 0 Å². The number of phenolic OH excluding ortho intramolecular Hbond substituents is 1. The van der Waals surface area contributed by atoms with Crippen molar-refractivity contribution in [2.45, 2.75) is 57.5 Å². The quantitative estimate of drug-likeness (QED) is 0.125. The summed E-state index contributed by atoms with van der Waals surface area (Å²) >= 11 is 0. The molecule has 16 heteroatoms. The van der Waals surface area contributed by atoms with Gasteiger partial charge in [0.25, 0.3) is 0 Å². The number of benzene rings is 1. The van der Waals surface area contributed by atoms with Crippen LogP contribution in [0, 0.1) is 18.6 Å². The van der Waals surface area contributed by atoms with Gasteiger partial charge in [0.15, 0.2) is 17.1 Å². The zero-order chi connectivity index (χ0) is 30.1. The van der Waals surface area contributed by atoms with Crippen molar-refractivity contribution in [3.05, 3.63) is 39.2 Å². The van der Waals surface area contributed by atoms with E-state index in [0.29, 0.717) is 0 Å². The molecule has 0 saturated carbocycles. The molecule has 14 nitrogen and oxygen atoms in total. The maximum absolute atomic E-state index is 14.1. The number of carboxylic acid groups (broad SMARTS) is 3. The Labute approximate surface area is 224 Å². The average Bonchev–Trinajstić information content (AvgIpc) is 2.87.